The number of amides is 1. The maximum atomic E-state index is 12.6. The van der Waals surface area contributed by atoms with Crippen molar-refractivity contribution in [2.24, 2.45) is 5.92 Å². The van der Waals surface area contributed by atoms with Gasteiger partial charge in [0.25, 0.3) is 0 Å². The largest absolute Gasteiger partial charge is 0.477 e. The minimum Gasteiger partial charge on any atom is -0.477 e. The molecule has 5 nitrogen and oxygen atoms in total. The van der Waals surface area contributed by atoms with Gasteiger partial charge in [0, 0.05) is 5.92 Å². The predicted molar refractivity (Wildman–Crippen MR) is 66.8 cm³/mol. The molecule has 0 bridgehead atoms. The molecule has 0 radical (unpaired) electrons. The van der Waals surface area contributed by atoms with Crippen LogP contribution in [0.25, 0.3) is 0 Å². The summed E-state index contributed by atoms with van der Waals surface area (Å²) in [4.78, 5) is 24.8. The number of carbonyl (C=O) groups excluding carboxylic acids is 1. The number of hydrogen-bond donors (Lipinski definition) is 2. The Morgan fingerprint density at radius 2 is 1.90 bits per heavy atom. The topological polar surface area (TPSA) is 79.3 Å². The van der Waals surface area contributed by atoms with Gasteiger partial charge in [-0.05, 0) is 12.8 Å². The van der Waals surface area contributed by atoms with Crippen LogP contribution in [0.5, 0.6) is 0 Å². The molecule has 9 heteroatoms. The van der Waals surface area contributed by atoms with E-state index in [4.69, 9.17) is 5.11 Å². The van der Waals surface area contributed by atoms with Crippen molar-refractivity contribution < 1.29 is 27.9 Å². The van der Waals surface area contributed by atoms with E-state index in [1.54, 1.807) is 13.8 Å². The van der Waals surface area contributed by atoms with Gasteiger partial charge in [-0.15, -0.1) is 0 Å². The molecule has 1 aromatic rings. The van der Waals surface area contributed by atoms with Crippen molar-refractivity contribution in [3.05, 3.63) is 10.6 Å². The summed E-state index contributed by atoms with van der Waals surface area (Å²) >= 11 is 0.299. The standard InChI is InChI=1S/C11H13F3N2O3S/c1-3-5(4-2)8(17)16-10-15-7(11(12,13)14)6(20-10)9(18)19/h5H,3-4H2,1-2H3,(H,18,19)(H,15,16,17). The Labute approximate surface area is 116 Å². The van der Waals surface area contributed by atoms with E-state index in [9.17, 15) is 22.8 Å². The van der Waals surface area contributed by atoms with E-state index in [1.165, 1.54) is 0 Å². The van der Waals surface area contributed by atoms with Gasteiger partial charge in [0.2, 0.25) is 5.91 Å². The lowest BCUT2D eigenvalue weighted by atomic mass is 10.0. The van der Waals surface area contributed by atoms with Crippen molar-refractivity contribution in [1.29, 1.82) is 0 Å². The predicted octanol–water partition coefficient (Wildman–Crippen LogP) is 3.23. The second-order valence-electron chi connectivity index (χ2n) is 4.00. The van der Waals surface area contributed by atoms with Crippen molar-refractivity contribution in [3.8, 4) is 0 Å². The van der Waals surface area contributed by atoms with Crippen LogP contribution in [0, 0.1) is 5.92 Å². The Bertz CT molecular complexity index is 510. The second kappa shape index (κ2) is 6.21. The molecule has 0 fully saturated rings. The van der Waals surface area contributed by atoms with Gasteiger partial charge in [0.15, 0.2) is 10.8 Å². The summed E-state index contributed by atoms with van der Waals surface area (Å²) in [5.41, 5.74) is -1.49. The maximum Gasteiger partial charge on any atom is 0.435 e. The van der Waals surface area contributed by atoms with Crippen molar-refractivity contribution in [2.45, 2.75) is 32.9 Å². The average Bonchev–Trinajstić information content (AvgIpc) is 2.74. The van der Waals surface area contributed by atoms with Gasteiger partial charge in [-0.25, -0.2) is 9.78 Å². The Morgan fingerprint density at radius 1 is 1.35 bits per heavy atom. The van der Waals surface area contributed by atoms with Crippen LogP contribution in [-0.2, 0) is 11.0 Å². The van der Waals surface area contributed by atoms with Gasteiger partial charge in [-0.2, -0.15) is 13.2 Å². The third kappa shape index (κ3) is 3.69. The number of thiazole rings is 1. The third-order valence-electron chi connectivity index (χ3n) is 2.68. The van der Waals surface area contributed by atoms with Crippen molar-refractivity contribution in [3.63, 3.8) is 0 Å². The van der Waals surface area contributed by atoms with Crippen LogP contribution in [0.4, 0.5) is 18.3 Å². The highest BCUT2D eigenvalue weighted by Gasteiger charge is 2.40. The molecule has 20 heavy (non-hydrogen) atoms. The molecule has 0 atom stereocenters. The maximum absolute atomic E-state index is 12.6. The summed E-state index contributed by atoms with van der Waals surface area (Å²) in [5, 5.41) is 10.6. The smallest absolute Gasteiger partial charge is 0.435 e. The lowest BCUT2D eigenvalue weighted by Crippen LogP contribution is -2.21. The van der Waals surface area contributed by atoms with E-state index in [0.29, 0.717) is 24.2 Å². The van der Waals surface area contributed by atoms with E-state index < -0.39 is 28.6 Å². The first kappa shape index (κ1) is 16.4. The fourth-order valence-electron chi connectivity index (χ4n) is 1.58. The van der Waals surface area contributed by atoms with Crippen LogP contribution in [0.3, 0.4) is 0 Å². The van der Waals surface area contributed by atoms with Crippen molar-refractivity contribution in [2.75, 3.05) is 5.32 Å². The van der Waals surface area contributed by atoms with Gasteiger partial charge in [-0.3, -0.25) is 4.79 Å². The molecule has 0 spiro atoms. The van der Waals surface area contributed by atoms with E-state index in [1.807, 2.05) is 0 Å². The summed E-state index contributed by atoms with van der Waals surface area (Å²) in [7, 11) is 0. The molecule has 112 valence electrons. The summed E-state index contributed by atoms with van der Waals surface area (Å²) < 4.78 is 37.9. The molecule has 1 amide bonds. The summed E-state index contributed by atoms with van der Waals surface area (Å²) in [6.07, 6.45) is -3.81. The number of halogens is 3. The van der Waals surface area contributed by atoms with Gasteiger partial charge in [-0.1, -0.05) is 25.2 Å². The number of carboxylic acids is 1. The molecule has 0 aliphatic heterocycles. The number of rotatable bonds is 5. The fourth-order valence-corrected chi connectivity index (χ4v) is 2.40. The second-order valence-corrected chi connectivity index (χ2v) is 5.00. The fraction of sp³-hybridized carbons (Fsp3) is 0.545. The molecule has 1 rings (SSSR count). The zero-order valence-corrected chi connectivity index (χ0v) is 11.6. The van der Waals surface area contributed by atoms with Crippen LogP contribution in [-0.4, -0.2) is 22.0 Å². The number of hydrogen-bond acceptors (Lipinski definition) is 4. The highest BCUT2D eigenvalue weighted by Crippen LogP contribution is 2.36. The summed E-state index contributed by atoms with van der Waals surface area (Å²) in [6, 6.07) is 0. The van der Waals surface area contributed by atoms with Crippen LogP contribution in [0.2, 0.25) is 0 Å². The number of aromatic nitrogens is 1. The average molecular weight is 310 g/mol. The van der Waals surface area contributed by atoms with Gasteiger partial charge < -0.3 is 10.4 Å². The molecular formula is C11H13F3N2O3S. The number of alkyl halides is 3. The molecule has 0 aliphatic rings. The number of anilines is 1. The lowest BCUT2D eigenvalue weighted by Gasteiger charge is -2.10. The zero-order valence-electron chi connectivity index (χ0n) is 10.7. The summed E-state index contributed by atoms with van der Waals surface area (Å²) in [6.45, 7) is 3.55. The normalized spacial score (nSPS) is 11.7. The molecule has 0 aromatic carbocycles. The first-order valence-corrected chi connectivity index (χ1v) is 6.64. The molecule has 0 aliphatic carbocycles. The minimum absolute atomic E-state index is 0.299. The molecule has 1 heterocycles. The summed E-state index contributed by atoms with van der Waals surface area (Å²) in [5.74, 6) is -2.53. The van der Waals surface area contributed by atoms with Crippen LogP contribution >= 0.6 is 11.3 Å². The molecule has 0 saturated carbocycles. The highest BCUT2D eigenvalue weighted by atomic mass is 32.1. The number of carboxylic acid groups (broad SMARTS) is 1. The van der Waals surface area contributed by atoms with Crippen molar-refractivity contribution in [1.82, 2.24) is 4.98 Å². The first-order chi connectivity index (χ1) is 9.20. The SMILES string of the molecule is CCC(CC)C(=O)Nc1nc(C(F)(F)F)c(C(=O)O)s1. The minimum atomic E-state index is -4.87. The van der Waals surface area contributed by atoms with Crippen LogP contribution in [0.15, 0.2) is 0 Å². The molecule has 2 N–H and O–H groups in total. The van der Waals surface area contributed by atoms with Crippen molar-refractivity contribution >= 4 is 28.3 Å². The number of carbonyl (C=O) groups is 2. The molecular weight excluding hydrogens is 297 g/mol. The Hall–Kier alpha value is -1.64. The molecule has 0 saturated heterocycles. The zero-order chi connectivity index (χ0) is 15.5. The van der Waals surface area contributed by atoms with E-state index >= 15 is 0 Å². The lowest BCUT2D eigenvalue weighted by molar-refractivity contribution is -0.141. The monoisotopic (exact) mass is 310 g/mol. The number of aromatic carboxylic acids is 1. The van der Waals surface area contributed by atoms with Gasteiger partial charge >= 0.3 is 12.1 Å². The van der Waals surface area contributed by atoms with E-state index in [0.717, 1.165) is 0 Å². The van der Waals surface area contributed by atoms with E-state index in [2.05, 4.69) is 10.3 Å². The van der Waals surface area contributed by atoms with Crippen LogP contribution in [0.1, 0.15) is 42.1 Å². The van der Waals surface area contributed by atoms with Crippen LogP contribution < -0.4 is 5.32 Å². The Morgan fingerprint density at radius 3 is 2.25 bits per heavy atom. The number of nitrogens with zero attached hydrogens (tertiary/aromatic N) is 1. The Balaban J connectivity index is 3.04. The highest BCUT2D eigenvalue weighted by molar-refractivity contribution is 7.17. The van der Waals surface area contributed by atoms with E-state index in [-0.39, 0.29) is 11.0 Å². The third-order valence-corrected chi connectivity index (χ3v) is 3.64. The molecule has 1 aromatic heterocycles. The quantitative estimate of drug-likeness (QED) is 0.875. The Kier molecular flexibility index (Phi) is 5.09. The number of nitrogens with one attached hydrogen (secondary N) is 1. The van der Waals surface area contributed by atoms with Gasteiger partial charge in [0.1, 0.15) is 4.88 Å². The first-order valence-electron chi connectivity index (χ1n) is 5.82. The van der Waals surface area contributed by atoms with Gasteiger partial charge in [0.05, 0.1) is 0 Å². The molecule has 0 unspecified atom stereocenters.